The number of benzene rings is 4. The molecular weight excluding hydrogens is 448 g/mol. The van der Waals surface area contributed by atoms with Gasteiger partial charge in [-0.2, -0.15) is 0 Å². The van der Waals surface area contributed by atoms with Gasteiger partial charge in [-0.25, -0.2) is 0 Å². The molecule has 37 heavy (non-hydrogen) atoms. The molecule has 2 nitrogen and oxygen atoms in total. The number of hydrogen-bond donors (Lipinski definition) is 0. The van der Waals surface area contributed by atoms with E-state index >= 15 is 0 Å². The lowest BCUT2D eigenvalue weighted by atomic mass is 9.86. The molecule has 4 aromatic rings. The van der Waals surface area contributed by atoms with Crippen LogP contribution in [0.25, 0.3) is 0 Å². The SMILES string of the molecule is Cc1ccc(CN(Cc2ccccc2)[C@@H]2CCCC[C@H]2N(Cc2ccccc2)Cc2ccccc2)cc1. The molecule has 1 aliphatic rings. The Morgan fingerprint density at radius 3 is 1.14 bits per heavy atom. The second kappa shape index (κ2) is 12.9. The molecule has 1 fully saturated rings. The summed E-state index contributed by atoms with van der Waals surface area (Å²) in [6.07, 6.45) is 5.13. The van der Waals surface area contributed by atoms with Crippen LogP contribution < -0.4 is 0 Å². The van der Waals surface area contributed by atoms with Gasteiger partial charge in [-0.1, -0.05) is 134 Å². The first-order valence-electron chi connectivity index (χ1n) is 13.9. The van der Waals surface area contributed by atoms with E-state index in [0.717, 1.165) is 26.2 Å². The molecule has 0 spiro atoms. The van der Waals surface area contributed by atoms with Crippen molar-refractivity contribution in [1.82, 2.24) is 9.80 Å². The van der Waals surface area contributed by atoms with Crippen molar-refractivity contribution in [3.05, 3.63) is 143 Å². The molecule has 2 heteroatoms. The quantitative estimate of drug-likeness (QED) is 0.223. The standard InChI is InChI=1S/C35H40N2/c1-29-21-23-33(24-22-29)28-37(27-32-17-9-4-10-18-32)35-20-12-11-19-34(35)36(25-30-13-5-2-6-14-30)26-31-15-7-3-8-16-31/h2-10,13-18,21-24,34-35H,11-12,19-20,25-28H2,1H3/t34-,35-/m1/s1. The van der Waals surface area contributed by atoms with Gasteiger partial charge >= 0.3 is 0 Å². The molecule has 0 aliphatic heterocycles. The number of rotatable bonds is 10. The van der Waals surface area contributed by atoms with Gasteiger partial charge in [0.25, 0.3) is 0 Å². The van der Waals surface area contributed by atoms with Crippen LogP contribution in [0.15, 0.2) is 115 Å². The van der Waals surface area contributed by atoms with Gasteiger partial charge in [-0.15, -0.1) is 0 Å². The maximum Gasteiger partial charge on any atom is 0.0258 e. The minimum atomic E-state index is 0.516. The average Bonchev–Trinajstić information content (AvgIpc) is 2.95. The number of aryl methyl sites for hydroxylation is 1. The Morgan fingerprint density at radius 1 is 0.459 bits per heavy atom. The van der Waals surface area contributed by atoms with E-state index in [2.05, 4.69) is 132 Å². The summed E-state index contributed by atoms with van der Waals surface area (Å²) in [4.78, 5) is 5.54. The van der Waals surface area contributed by atoms with Crippen LogP contribution in [-0.4, -0.2) is 21.9 Å². The molecule has 0 bridgehead atoms. The zero-order chi connectivity index (χ0) is 25.3. The Bertz CT molecular complexity index is 1150. The summed E-state index contributed by atoms with van der Waals surface area (Å²) in [6, 6.07) is 43.3. The molecular formula is C35H40N2. The molecule has 1 saturated carbocycles. The maximum atomic E-state index is 2.77. The van der Waals surface area contributed by atoms with Crippen molar-refractivity contribution in [2.75, 3.05) is 0 Å². The lowest BCUT2D eigenvalue weighted by molar-refractivity contribution is 0.0296. The van der Waals surface area contributed by atoms with Gasteiger partial charge in [-0.3, -0.25) is 9.80 Å². The van der Waals surface area contributed by atoms with Crippen molar-refractivity contribution in [2.45, 2.75) is 70.9 Å². The Kier molecular flexibility index (Phi) is 8.84. The minimum absolute atomic E-state index is 0.516. The van der Waals surface area contributed by atoms with Crippen molar-refractivity contribution in [1.29, 1.82) is 0 Å². The highest BCUT2D eigenvalue weighted by atomic mass is 15.2. The summed E-state index contributed by atoms with van der Waals surface area (Å²) >= 11 is 0. The van der Waals surface area contributed by atoms with Gasteiger partial charge in [0.15, 0.2) is 0 Å². The van der Waals surface area contributed by atoms with Crippen LogP contribution in [0.5, 0.6) is 0 Å². The number of nitrogens with zero attached hydrogens (tertiary/aromatic N) is 2. The van der Waals surface area contributed by atoms with Crippen LogP contribution in [0.3, 0.4) is 0 Å². The molecule has 0 radical (unpaired) electrons. The lowest BCUT2D eigenvalue weighted by Crippen LogP contribution is -2.52. The lowest BCUT2D eigenvalue weighted by Gasteiger charge is -2.45. The zero-order valence-corrected chi connectivity index (χ0v) is 22.2. The molecule has 5 rings (SSSR count). The Balaban J connectivity index is 1.46. The predicted octanol–water partition coefficient (Wildman–Crippen LogP) is 8.01. The summed E-state index contributed by atoms with van der Waals surface area (Å²) in [7, 11) is 0. The van der Waals surface area contributed by atoms with E-state index in [9.17, 15) is 0 Å². The van der Waals surface area contributed by atoms with E-state index in [1.807, 2.05) is 0 Å². The fraction of sp³-hybridized carbons (Fsp3) is 0.314. The fourth-order valence-corrected chi connectivity index (χ4v) is 5.91. The highest BCUT2D eigenvalue weighted by molar-refractivity contribution is 5.23. The third kappa shape index (κ3) is 7.19. The normalized spacial score (nSPS) is 17.8. The van der Waals surface area contributed by atoms with Crippen molar-refractivity contribution in [2.24, 2.45) is 0 Å². The third-order valence-corrected chi connectivity index (χ3v) is 7.82. The van der Waals surface area contributed by atoms with Gasteiger partial charge < -0.3 is 0 Å². The Hall–Kier alpha value is -3.20. The molecule has 4 aromatic carbocycles. The number of hydrogen-bond acceptors (Lipinski definition) is 2. The van der Waals surface area contributed by atoms with Crippen LogP contribution >= 0.6 is 0 Å². The van der Waals surface area contributed by atoms with Crippen LogP contribution in [0.4, 0.5) is 0 Å². The first kappa shape index (κ1) is 25.4. The highest BCUT2D eigenvalue weighted by Crippen LogP contribution is 2.32. The van der Waals surface area contributed by atoms with Gasteiger partial charge in [0.05, 0.1) is 0 Å². The highest BCUT2D eigenvalue weighted by Gasteiger charge is 2.34. The summed E-state index contributed by atoms with van der Waals surface area (Å²) in [5, 5.41) is 0. The Morgan fingerprint density at radius 2 is 0.784 bits per heavy atom. The van der Waals surface area contributed by atoms with E-state index in [4.69, 9.17) is 0 Å². The first-order valence-corrected chi connectivity index (χ1v) is 13.9. The molecule has 0 unspecified atom stereocenters. The van der Waals surface area contributed by atoms with Crippen LogP contribution in [0.2, 0.25) is 0 Å². The van der Waals surface area contributed by atoms with Gasteiger partial charge in [0, 0.05) is 38.3 Å². The second-order valence-corrected chi connectivity index (χ2v) is 10.7. The largest absolute Gasteiger partial charge is 0.290 e. The van der Waals surface area contributed by atoms with E-state index in [1.165, 1.54) is 53.5 Å². The van der Waals surface area contributed by atoms with Gasteiger partial charge in [0.1, 0.15) is 0 Å². The topological polar surface area (TPSA) is 6.48 Å². The van der Waals surface area contributed by atoms with Crippen LogP contribution in [-0.2, 0) is 26.2 Å². The molecule has 0 saturated heterocycles. The van der Waals surface area contributed by atoms with Crippen molar-refractivity contribution in [3.8, 4) is 0 Å². The molecule has 0 amide bonds. The molecule has 0 aromatic heterocycles. The Labute approximate surface area is 223 Å². The average molecular weight is 489 g/mol. The van der Waals surface area contributed by atoms with Crippen molar-refractivity contribution in [3.63, 3.8) is 0 Å². The van der Waals surface area contributed by atoms with E-state index < -0.39 is 0 Å². The monoisotopic (exact) mass is 488 g/mol. The van der Waals surface area contributed by atoms with Crippen molar-refractivity contribution < 1.29 is 0 Å². The summed E-state index contributed by atoms with van der Waals surface area (Å²) in [6.45, 7) is 6.12. The van der Waals surface area contributed by atoms with Crippen LogP contribution in [0.1, 0.15) is 53.5 Å². The fourth-order valence-electron chi connectivity index (χ4n) is 5.91. The second-order valence-electron chi connectivity index (χ2n) is 10.7. The third-order valence-electron chi connectivity index (χ3n) is 7.82. The van der Waals surface area contributed by atoms with E-state index in [-0.39, 0.29) is 0 Å². The van der Waals surface area contributed by atoms with Crippen LogP contribution in [0, 0.1) is 6.92 Å². The summed E-state index contributed by atoms with van der Waals surface area (Å²) in [5.74, 6) is 0. The molecule has 1 aliphatic carbocycles. The summed E-state index contributed by atoms with van der Waals surface area (Å²) in [5.41, 5.74) is 6.93. The zero-order valence-electron chi connectivity index (χ0n) is 22.2. The maximum absolute atomic E-state index is 2.77. The van der Waals surface area contributed by atoms with E-state index in [1.54, 1.807) is 0 Å². The van der Waals surface area contributed by atoms with Crippen molar-refractivity contribution >= 4 is 0 Å². The predicted molar refractivity (Wildman–Crippen MR) is 155 cm³/mol. The summed E-state index contributed by atoms with van der Waals surface area (Å²) < 4.78 is 0. The molecule has 0 N–H and O–H groups in total. The van der Waals surface area contributed by atoms with E-state index in [0.29, 0.717) is 12.1 Å². The first-order chi connectivity index (χ1) is 18.2. The molecule has 2 atom stereocenters. The minimum Gasteiger partial charge on any atom is -0.290 e. The van der Waals surface area contributed by atoms with Gasteiger partial charge in [-0.05, 0) is 42.0 Å². The molecule has 0 heterocycles. The van der Waals surface area contributed by atoms with Gasteiger partial charge in [0.2, 0.25) is 0 Å². The molecule has 190 valence electrons. The smallest absolute Gasteiger partial charge is 0.0258 e.